The molecule has 7 heteroatoms. The van der Waals surface area contributed by atoms with Gasteiger partial charge in [0.15, 0.2) is 0 Å². The molecule has 69 heavy (non-hydrogen) atoms. The number of nitrogens with zero attached hydrogens (tertiary/aromatic N) is 2. The van der Waals surface area contributed by atoms with Gasteiger partial charge in [-0.1, -0.05) is 311 Å². The SMILES string of the molecule is CCCCCCCCCCCCCN(CCCCCCCCCCCCC)C(CCC)C(=O)[O-].CCCCCCCCCCCCCN(CCCCCCCCCCCCC)C(CCC)C(=O)[O-].[Ca+2]. The average molecular weight is 1000 g/mol. The van der Waals surface area contributed by atoms with Gasteiger partial charge in [-0.05, 0) is 64.7 Å². The van der Waals surface area contributed by atoms with Gasteiger partial charge in [0.1, 0.15) is 0 Å². The maximum absolute atomic E-state index is 11.8. The third-order valence-corrected chi connectivity index (χ3v) is 14.7. The first kappa shape index (κ1) is 73.4. The van der Waals surface area contributed by atoms with Gasteiger partial charge in [0, 0.05) is 12.1 Å². The number of rotatable bonds is 56. The van der Waals surface area contributed by atoms with Crippen LogP contribution < -0.4 is 10.2 Å². The molecule has 0 saturated carbocycles. The largest absolute Gasteiger partial charge is 2.00 e. The summed E-state index contributed by atoms with van der Waals surface area (Å²) in [7, 11) is 0. The molecule has 0 amide bonds. The third kappa shape index (κ3) is 54.2. The molecule has 0 aliphatic carbocycles. The van der Waals surface area contributed by atoms with Crippen molar-refractivity contribution in [3.63, 3.8) is 0 Å². The van der Waals surface area contributed by atoms with E-state index in [0.717, 1.165) is 77.5 Å². The Morgan fingerprint density at radius 1 is 0.261 bits per heavy atom. The molecule has 2 atom stereocenters. The number of hydrogen-bond acceptors (Lipinski definition) is 6. The Bertz CT molecular complexity index is 856. The number of carboxylic acid groups (broad SMARTS) is 2. The summed E-state index contributed by atoms with van der Waals surface area (Å²) in [6.07, 6.45) is 62.0. The fraction of sp³-hybridized carbons (Fsp3) is 0.968. The zero-order chi connectivity index (χ0) is 50.2. The van der Waals surface area contributed by atoms with Crippen LogP contribution in [0.25, 0.3) is 0 Å². The molecule has 2 unspecified atom stereocenters. The number of carbonyl (C=O) groups is 2. The van der Waals surface area contributed by atoms with E-state index in [4.69, 9.17) is 0 Å². The molecule has 0 aromatic heterocycles. The van der Waals surface area contributed by atoms with Gasteiger partial charge < -0.3 is 19.8 Å². The molecule has 0 fully saturated rings. The minimum Gasteiger partial charge on any atom is -0.548 e. The van der Waals surface area contributed by atoms with Crippen LogP contribution in [0.1, 0.15) is 350 Å². The van der Waals surface area contributed by atoms with E-state index in [1.807, 2.05) is 0 Å². The van der Waals surface area contributed by atoms with Gasteiger partial charge >= 0.3 is 37.7 Å². The first-order chi connectivity index (χ1) is 33.3. The number of unbranched alkanes of at least 4 members (excludes halogenated alkanes) is 40. The van der Waals surface area contributed by atoms with E-state index >= 15 is 0 Å². The van der Waals surface area contributed by atoms with Gasteiger partial charge in [0.2, 0.25) is 0 Å². The molecular formula is C62H124CaN2O4. The number of carbonyl (C=O) groups excluding carboxylic acids is 2. The number of aliphatic carboxylic acids is 2. The van der Waals surface area contributed by atoms with Crippen LogP contribution in [0.5, 0.6) is 0 Å². The smallest absolute Gasteiger partial charge is 0.548 e. The Morgan fingerprint density at radius 3 is 0.536 bits per heavy atom. The normalized spacial score (nSPS) is 12.3. The first-order valence-electron chi connectivity index (χ1n) is 31.2. The van der Waals surface area contributed by atoms with Crippen LogP contribution in [-0.2, 0) is 9.59 Å². The summed E-state index contributed by atoms with van der Waals surface area (Å²) in [4.78, 5) is 28.0. The van der Waals surface area contributed by atoms with Gasteiger partial charge in [-0.15, -0.1) is 0 Å². The van der Waals surface area contributed by atoms with Gasteiger partial charge in [-0.3, -0.25) is 9.80 Å². The average Bonchev–Trinajstić information content (AvgIpc) is 3.33. The second kappa shape index (κ2) is 62.4. The summed E-state index contributed by atoms with van der Waals surface area (Å²) >= 11 is 0. The Labute approximate surface area is 464 Å². The van der Waals surface area contributed by atoms with Gasteiger partial charge in [0.25, 0.3) is 0 Å². The minimum atomic E-state index is -0.868. The molecular weight excluding hydrogens is 877 g/mol. The van der Waals surface area contributed by atoms with Crippen molar-refractivity contribution < 1.29 is 19.8 Å². The molecule has 0 aliphatic heterocycles. The van der Waals surface area contributed by atoms with Gasteiger partial charge in [0.05, 0.1) is 11.9 Å². The number of hydrogen-bond donors (Lipinski definition) is 0. The second-order valence-electron chi connectivity index (χ2n) is 21.5. The summed E-state index contributed by atoms with van der Waals surface area (Å²) in [6, 6.07) is -0.785. The van der Waals surface area contributed by atoms with Gasteiger partial charge in [-0.25, -0.2) is 0 Å². The van der Waals surface area contributed by atoms with Crippen LogP contribution in [0.4, 0.5) is 0 Å². The molecule has 0 saturated heterocycles. The van der Waals surface area contributed by atoms with E-state index in [2.05, 4.69) is 51.3 Å². The maximum Gasteiger partial charge on any atom is 2.00 e. The summed E-state index contributed by atoms with van der Waals surface area (Å²) in [5.41, 5.74) is 0. The predicted molar refractivity (Wildman–Crippen MR) is 302 cm³/mol. The van der Waals surface area contributed by atoms with Crippen molar-refractivity contribution in [3.8, 4) is 0 Å². The third-order valence-electron chi connectivity index (χ3n) is 14.7. The zero-order valence-corrected chi connectivity index (χ0v) is 50.4. The molecule has 0 bridgehead atoms. The first-order valence-corrected chi connectivity index (χ1v) is 31.2. The molecule has 0 aliphatic rings. The van der Waals surface area contributed by atoms with E-state index in [1.54, 1.807) is 0 Å². The van der Waals surface area contributed by atoms with Crippen molar-refractivity contribution in [3.05, 3.63) is 0 Å². The van der Waals surface area contributed by atoms with Crippen LogP contribution in [-0.4, -0.2) is 97.7 Å². The predicted octanol–water partition coefficient (Wildman–Crippen LogP) is 17.3. The molecule has 0 spiro atoms. The number of carboxylic acids is 2. The Balaban J connectivity index is -0.00000124. The molecule has 0 aromatic rings. The van der Waals surface area contributed by atoms with Crippen LogP contribution in [0, 0.1) is 0 Å². The van der Waals surface area contributed by atoms with E-state index < -0.39 is 24.0 Å². The summed E-state index contributed by atoms with van der Waals surface area (Å²) in [5, 5.41) is 23.6. The van der Waals surface area contributed by atoms with Crippen LogP contribution >= 0.6 is 0 Å². The molecule has 0 rings (SSSR count). The van der Waals surface area contributed by atoms with E-state index in [1.165, 1.54) is 257 Å². The molecule has 0 aromatic carbocycles. The van der Waals surface area contributed by atoms with Crippen LogP contribution in [0.3, 0.4) is 0 Å². The monoisotopic (exact) mass is 1000 g/mol. The second-order valence-corrected chi connectivity index (χ2v) is 21.5. The quantitative estimate of drug-likeness (QED) is 0.0446. The molecule has 0 N–H and O–H groups in total. The van der Waals surface area contributed by atoms with Crippen molar-refractivity contribution in [2.75, 3.05) is 26.2 Å². The van der Waals surface area contributed by atoms with E-state index in [9.17, 15) is 19.8 Å². The van der Waals surface area contributed by atoms with Gasteiger partial charge in [-0.2, -0.15) is 0 Å². The Morgan fingerprint density at radius 2 is 0.406 bits per heavy atom. The molecule has 6 nitrogen and oxygen atoms in total. The van der Waals surface area contributed by atoms with Crippen LogP contribution in [0.2, 0.25) is 0 Å². The van der Waals surface area contributed by atoms with Crippen LogP contribution in [0.15, 0.2) is 0 Å². The van der Waals surface area contributed by atoms with Crippen molar-refractivity contribution in [1.29, 1.82) is 0 Å². The molecule has 0 radical (unpaired) electrons. The summed E-state index contributed by atoms with van der Waals surface area (Å²) in [5.74, 6) is -1.74. The zero-order valence-electron chi connectivity index (χ0n) is 48.2. The van der Waals surface area contributed by atoms with Crippen molar-refractivity contribution in [1.82, 2.24) is 9.80 Å². The minimum absolute atomic E-state index is 0. The summed E-state index contributed by atoms with van der Waals surface area (Å²) < 4.78 is 0. The molecule has 0 heterocycles. The topological polar surface area (TPSA) is 86.7 Å². The van der Waals surface area contributed by atoms with E-state index in [-0.39, 0.29) is 37.7 Å². The van der Waals surface area contributed by atoms with Crippen molar-refractivity contribution >= 4 is 49.7 Å². The van der Waals surface area contributed by atoms with E-state index in [0.29, 0.717) is 0 Å². The maximum atomic E-state index is 11.8. The Hall–Kier alpha value is 0.120. The van der Waals surface area contributed by atoms with Crippen molar-refractivity contribution in [2.24, 2.45) is 0 Å². The molecule has 408 valence electrons. The fourth-order valence-electron chi connectivity index (χ4n) is 10.2. The fourth-order valence-corrected chi connectivity index (χ4v) is 10.2. The Kier molecular flexibility index (Phi) is 66.4. The summed E-state index contributed by atoms with van der Waals surface area (Å²) in [6.45, 7) is 17.0. The standard InChI is InChI=1S/2C31H63NO2.Ca/c2*1-4-7-9-11-13-15-17-19-21-23-25-28-32(30(27-6-3)31(33)34)29-26-24-22-20-18-16-14-12-10-8-5-2;/h2*30H,4-29H2,1-3H3,(H,33,34);/q;;+2/p-2. The van der Waals surface area contributed by atoms with Crippen molar-refractivity contribution in [2.45, 2.75) is 362 Å².